The standard InChI is InChI=1S/C11H16F3NO3/c1-6(5-11(12,13)14)15-9(16)7-2-3-8(4-7)10(17)18/h6-8H,2-5H2,1H3,(H,15,16)(H,17,18). The van der Waals surface area contributed by atoms with Crippen molar-refractivity contribution in [2.75, 3.05) is 0 Å². The van der Waals surface area contributed by atoms with Crippen molar-refractivity contribution >= 4 is 11.9 Å². The Bertz CT molecular complexity index is 330. The van der Waals surface area contributed by atoms with Gasteiger partial charge in [0.1, 0.15) is 0 Å². The Morgan fingerprint density at radius 3 is 2.33 bits per heavy atom. The van der Waals surface area contributed by atoms with Crippen LogP contribution in [0, 0.1) is 11.8 Å². The van der Waals surface area contributed by atoms with Crippen molar-refractivity contribution in [3.63, 3.8) is 0 Å². The van der Waals surface area contributed by atoms with E-state index in [1.165, 1.54) is 6.92 Å². The molecule has 2 N–H and O–H groups in total. The van der Waals surface area contributed by atoms with Crippen molar-refractivity contribution in [2.24, 2.45) is 11.8 Å². The number of carboxylic acid groups (broad SMARTS) is 1. The Morgan fingerprint density at radius 2 is 1.89 bits per heavy atom. The van der Waals surface area contributed by atoms with Crippen LogP contribution in [-0.4, -0.2) is 29.2 Å². The molecule has 0 aromatic heterocycles. The fraction of sp³-hybridized carbons (Fsp3) is 0.818. The van der Waals surface area contributed by atoms with Crippen molar-refractivity contribution in [1.29, 1.82) is 0 Å². The SMILES string of the molecule is CC(CC(F)(F)F)NC(=O)C1CCC(C(=O)O)C1. The van der Waals surface area contributed by atoms with Gasteiger partial charge in [0.15, 0.2) is 0 Å². The third-order valence-corrected chi connectivity index (χ3v) is 3.08. The van der Waals surface area contributed by atoms with E-state index in [2.05, 4.69) is 5.32 Å². The number of carbonyl (C=O) groups excluding carboxylic acids is 1. The first-order chi connectivity index (χ1) is 8.19. The summed E-state index contributed by atoms with van der Waals surface area (Å²) in [6, 6.07) is -0.985. The number of alkyl halides is 3. The average molecular weight is 267 g/mol. The lowest BCUT2D eigenvalue weighted by molar-refractivity contribution is -0.142. The molecule has 1 saturated carbocycles. The Balaban J connectivity index is 2.40. The zero-order valence-electron chi connectivity index (χ0n) is 9.96. The number of aliphatic carboxylic acids is 1. The van der Waals surface area contributed by atoms with Crippen molar-refractivity contribution in [1.82, 2.24) is 5.32 Å². The van der Waals surface area contributed by atoms with Crippen molar-refractivity contribution in [3.8, 4) is 0 Å². The molecule has 0 spiro atoms. The molecular weight excluding hydrogens is 251 g/mol. The molecule has 1 amide bonds. The van der Waals surface area contributed by atoms with Gasteiger partial charge in [-0.25, -0.2) is 0 Å². The molecule has 1 aliphatic carbocycles. The maximum absolute atomic E-state index is 12.1. The van der Waals surface area contributed by atoms with Gasteiger partial charge in [0.2, 0.25) is 5.91 Å². The van der Waals surface area contributed by atoms with Gasteiger partial charge in [-0.05, 0) is 26.2 Å². The summed E-state index contributed by atoms with van der Waals surface area (Å²) in [6.07, 6.45) is -4.36. The van der Waals surface area contributed by atoms with E-state index in [-0.39, 0.29) is 6.42 Å². The van der Waals surface area contributed by atoms with Crippen LogP contribution in [0.4, 0.5) is 13.2 Å². The molecule has 18 heavy (non-hydrogen) atoms. The van der Waals surface area contributed by atoms with E-state index in [4.69, 9.17) is 5.11 Å². The summed E-state index contributed by atoms with van der Waals surface area (Å²) in [5.74, 6) is -2.47. The van der Waals surface area contributed by atoms with Crippen LogP contribution in [0.1, 0.15) is 32.6 Å². The van der Waals surface area contributed by atoms with Crippen molar-refractivity contribution < 1.29 is 27.9 Å². The number of halogens is 3. The Hall–Kier alpha value is -1.27. The van der Waals surface area contributed by atoms with Crippen molar-refractivity contribution in [2.45, 2.75) is 44.8 Å². The number of hydrogen-bond acceptors (Lipinski definition) is 2. The molecule has 0 saturated heterocycles. The predicted molar refractivity (Wildman–Crippen MR) is 56.7 cm³/mol. The molecule has 3 unspecified atom stereocenters. The highest BCUT2D eigenvalue weighted by Gasteiger charge is 2.36. The van der Waals surface area contributed by atoms with Gasteiger partial charge in [-0.15, -0.1) is 0 Å². The average Bonchev–Trinajstić information content (AvgIpc) is 2.62. The number of carbonyl (C=O) groups is 2. The third-order valence-electron chi connectivity index (χ3n) is 3.08. The Morgan fingerprint density at radius 1 is 1.33 bits per heavy atom. The summed E-state index contributed by atoms with van der Waals surface area (Å²) in [5, 5.41) is 11.1. The lowest BCUT2D eigenvalue weighted by Crippen LogP contribution is -2.39. The van der Waals surface area contributed by atoms with E-state index in [9.17, 15) is 22.8 Å². The Kier molecular flexibility index (Phi) is 4.59. The second-order valence-corrected chi connectivity index (χ2v) is 4.77. The minimum atomic E-state index is -4.31. The summed E-state index contributed by atoms with van der Waals surface area (Å²) in [5.41, 5.74) is 0. The van der Waals surface area contributed by atoms with Gasteiger partial charge >= 0.3 is 12.1 Å². The molecule has 1 aliphatic rings. The highest BCUT2D eigenvalue weighted by atomic mass is 19.4. The van der Waals surface area contributed by atoms with Gasteiger partial charge in [-0.2, -0.15) is 13.2 Å². The fourth-order valence-corrected chi connectivity index (χ4v) is 2.20. The van der Waals surface area contributed by atoms with Crippen LogP contribution in [0.3, 0.4) is 0 Å². The van der Waals surface area contributed by atoms with Gasteiger partial charge in [0.25, 0.3) is 0 Å². The van der Waals surface area contributed by atoms with Gasteiger partial charge in [-0.3, -0.25) is 9.59 Å². The fourth-order valence-electron chi connectivity index (χ4n) is 2.20. The maximum atomic E-state index is 12.1. The third kappa shape index (κ3) is 4.54. The summed E-state index contributed by atoms with van der Waals surface area (Å²) < 4.78 is 36.2. The van der Waals surface area contributed by atoms with Gasteiger partial charge in [0.05, 0.1) is 12.3 Å². The lowest BCUT2D eigenvalue weighted by atomic mass is 10.0. The van der Waals surface area contributed by atoms with Crippen LogP contribution in [0.15, 0.2) is 0 Å². The number of hydrogen-bond donors (Lipinski definition) is 2. The van der Waals surface area contributed by atoms with Crippen LogP contribution in [-0.2, 0) is 9.59 Å². The molecule has 0 aromatic carbocycles. The van der Waals surface area contributed by atoms with Crippen LogP contribution in [0.2, 0.25) is 0 Å². The minimum Gasteiger partial charge on any atom is -0.481 e. The topological polar surface area (TPSA) is 66.4 Å². The zero-order valence-corrected chi connectivity index (χ0v) is 9.96. The summed E-state index contributed by atoms with van der Waals surface area (Å²) in [7, 11) is 0. The summed E-state index contributed by atoms with van der Waals surface area (Å²) in [6.45, 7) is 1.29. The highest BCUT2D eigenvalue weighted by molar-refractivity contribution is 5.81. The zero-order chi connectivity index (χ0) is 13.9. The molecule has 0 aromatic rings. The molecule has 0 heterocycles. The molecule has 0 radical (unpaired) electrons. The van der Waals surface area contributed by atoms with E-state index < -0.39 is 42.4 Å². The smallest absolute Gasteiger partial charge is 0.391 e. The van der Waals surface area contributed by atoms with E-state index in [1.807, 2.05) is 0 Å². The second-order valence-electron chi connectivity index (χ2n) is 4.77. The lowest BCUT2D eigenvalue weighted by Gasteiger charge is -2.18. The summed E-state index contributed by atoms with van der Waals surface area (Å²) >= 11 is 0. The molecule has 0 aliphatic heterocycles. The van der Waals surface area contributed by atoms with Crippen LogP contribution < -0.4 is 5.32 Å². The van der Waals surface area contributed by atoms with E-state index in [0.717, 1.165) is 0 Å². The molecule has 1 fully saturated rings. The van der Waals surface area contributed by atoms with Crippen LogP contribution in [0.5, 0.6) is 0 Å². The molecule has 4 nitrogen and oxygen atoms in total. The largest absolute Gasteiger partial charge is 0.481 e. The maximum Gasteiger partial charge on any atom is 0.391 e. The first-order valence-corrected chi connectivity index (χ1v) is 5.79. The molecule has 1 rings (SSSR count). The quantitative estimate of drug-likeness (QED) is 0.818. The Labute approximate surface area is 103 Å². The number of nitrogens with one attached hydrogen (secondary N) is 1. The molecule has 3 atom stereocenters. The first-order valence-electron chi connectivity index (χ1n) is 5.79. The summed E-state index contributed by atoms with van der Waals surface area (Å²) in [4.78, 5) is 22.3. The molecular formula is C11H16F3NO3. The van der Waals surface area contributed by atoms with Gasteiger partial charge in [0, 0.05) is 12.0 Å². The number of amides is 1. The molecule has 0 bridgehead atoms. The van der Waals surface area contributed by atoms with Crippen LogP contribution in [0.25, 0.3) is 0 Å². The monoisotopic (exact) mass is 267 g/mol. The van der Waals surface area contributed by atoms with Gasteiger partial charge < -0.3 is 10.4 Å². The number of rotatable bonds is 4. The molecule has 7 heteroatoms. The molecule has 104 valence electrons. The predicted octanol–water partition coefficient (Wildman–Crippen LogP) is 1.94. The van der Waals surface area contributed by atoms with E-state index in [0.29, 0.717) is 12.8 Å². The minimum absolute atomic E-state index is 0.208. The second kappa shape index (κ2) is 5.58. The van der Waals surface area contributed by atoms with E-state index in [1.54, 1.807) is 0 Å². The van der Waals surface area contributed by atoms with Crippen LogP contribution >= 0.6 is 0 Å². The normalized spacial score (nSPS) is 25.8. The van der Waals surface area contributed by atoms with Crippen molar-refractivity contribution in [3.05, 3.63) is 0 Å². The van der Waals surface area contributed by atoms with Gasteiger partial charge in [-0.1, -0.05) is 0 Å². The van der Waals surface area contributed by atoms with E-state index >= 15 is 0 Å². The number of carboxylic acids is 1. The first kappa shape index (κ1) is 14.8. The highest BCUT2D eigenvalue weighted by Crippen LogP contribution is 2.31.